The number of esters is 2. The van der Waals surface area contributed by atoms with Gasteiger partial charge in [0.25, 0.3) is 0 Å². The first kappa shape index (κ1) is 17.5. The highest BCUT2D eigenvalue weighted by molar-refractivity contribution is 8.00. The Labute approximate surface area is 128 Å². The van der Waals surface area contributed by atoms with E-state index in [4.69, 9.17) is 9.47 Å². The summed E-state index contributed by atoms with van der Waals surface area (Å²) >= 11 is 1.28. The minimum absolute atomic E-state index is 0.218. The lowest BCUT2D eigenvalue weighted by Crippen LogP contribution is -2.15. The quantitative estimate of drug-likeness (QED) is 0.690. The minimum atomic E-state index is -0.569. The Kier molecular flexibility index (Phi) is 7.82. The lowest BCUT2D eigenvalue weighted by molar-refractivity contribution is -0.143. The second kappa shape index (κ2) is 9.39. The predicted molar refractivity (Wildman–Crippen MR) is 79.5 cm³/mol. The molecule has 0 N–H and O–H groups in total. The summed E-state index contributed by atoms with van der Waals surface area (Å²) in [5.41, 5.74) is 0.656. The van der Waals surface area contributed by atoms with Crippen LogP contribution in [0.4, 0.5) is 4.39 Å². The lowest BCUT2D eigenvalue weighted by Gasteiger charge is -2.15. The highest BCUT2D eigenvalue weighted by Crippen LogP contribution is 2.31. The van der Waals surface area contributed by atoms with Crippen molar-refractivity contribution in [2.24, 2.45) is 0 Å². The fraction of sp³-hybridized carbons (Fsp3) is 0.467. The van der Waals surface area contributed by atoms with Gasteiger partial charge < -0.3 is 9.47 Å². The van der Waals surface area contributed by atoms with Gasteiger partial charge in [0, 0.05) is 5.75 Å². The smallest absolute Gasteiger partial charge is 0.323 e. The van der Waals surface area contributed by atoms with Crippen LogP contribution in [0.1, 0.15) is 31.1 Å². The van der Waals surface area contributed by atoms with E-state index in [1.807, 2.05) is 0 Å². The van der Waals surface area contributed by atoms with Crippen LogP contribution in [0.25, 0.3) is 0 Å². The van der Waals surface area contributed by atoms with Crippen LogP contribution in [0.3, 0.4) is 0 Å². The van der Waals surface area contributed by atoms with E-state index in [1.165, 1.54) is 23.9 Å². The Balaban J connectivity index is 2.67. The first-order valence-corrected chi connectivity index (χ1v) is 7.82. The molecular weight excluding hydrogens is 295 g/mol. The molecule has 0 amide bonds. The molecule has 0 fully saturated rings. The van der Waals surface area contributed by atoms with Gasteiger partial charge in [0.1, 0.15) is 11.1 Å². The maximum Gasteiger partial charge on any atom is 0.323 e. The first-order chi connectivity index (χ1) is 10.1. The van der Waals surface area contributed by atoms with Gasteiger partial charge in [-0.15, -0.1) is 11.8 Å². The standard InChI is InChI=1S/C15H19FO4S/c1-3-19-13(17)9-10-21-14(15(18)20-4-2)11-5-7-12(16)8-6-11/h5-8,14H,3-4,9-10H2,1-2H3/t14-/m0/s1. The summed E-state index contributed by atoms with van der Waals surface area (Å²) in [6, 6.07) is 5.70. The number of carbonyl (C=O) groups is 2. The molecule has 0 aliphatic carbocycles. The molecule has 0 saturated carbocycles. The van der Waals surface area contributed by atoms with Crippen LogP contribution in [-0.2, 0) is 19.1 Å². The second-order valence-electron chi connectivity index (χ2n) is 4.11. The largest absolute Gasteiger partial charge is 0.466 e. The average Bonchev–Trinajstić information content (AvgIpc) is 2.45. The molecule has 4 nitrogen and oxygen atoms in total. The average molecular weight is 314 g/mol. The zero-order chi connectivity index (χ0) is 15.7. The van der Waals surface area contributed by atoms with Gasteiger partial charge in [-0.1, -0.05) is 12.1 Å². The second-order valence-corrected chi connectivity index (χ2v) is 5.32. The lowest BCUT2D eigenvalue weighted by atomic mass is 10.1. The Morgan fingerprint density at radius 1 is 1.14 bits per heavy atom. The van der Waals surface area contributed by atoms with E-state index in [1.54, 1.807) is 26.0 Å². The number of rotatable bonds is 8. The summed E-state index contributed by atoms with van der Waals surface area (Å²) < 4.78 is 22.8. The van der Waals surface area contributed by atoms with Crippen molar-refractivity contribution in [3.63, 3.8) is 0 Å². The van der Waals surface area contributed by atoms with Crippen LogP contribution < -0.4 is 0 Å². The van der Waals surface area contributed by atoms with Crippen LogP contribution in [0.5, 0.6) is 0 Å². The van der Waals surface area contributed by atoms with E-state index < -0.39 is 11.2 Å². The van der Waals surface area contributed by atoms with E-state index in [0.29, 0.717) is 17.9 Å². The zero-order valence-corrected chi connectivity index (χ0v) is 13.0. The fourth-order valence-electron chi connectivity index (χ4n) is 1.65. The Bertz CT molecular complexity index is 461. The number of ether oxygens (including phenoxy) is 2. The van der Waals surface area contributed by atoms with Crippen LogP contribution in [0, 0.1) is 5.82 Å². The van der Waals surface area contributed by atoms with Gasteiger partial charge >= 0.3 is 11.9 Å². The third kappa shape index (κ3) is 6.16. The molecule has 0 radical (unpaired) electrons. The molecule has 0 spiro atoms. The molecule has 0 bridgehead atoms. The number of carbonyl (C=O) groups excluding carboxylic acids is 2. The highest BCUT2D eigenvalue weighted by atomic mass is 32.2. The molecule has 1 aromatic carbocycles. The summed E-state index contributed by atoms with van der Waals surface area (Å²) in [6.07, 6.45) is 0.218. The van der Waals surface area contributed by atoms with Crippen LogP contribution in [-0.4, -0.2) is 30.9 Å². The summed E-state index contributed by atoms with van der Waals surface area (Å²) in [5.74, 6) is -0.623. The number of thioether (sulfide) groups is 1. The molecular formula is C15H19FO4S. The Morgan fingerprint density at radius 2 is 1.76 bits per heavy atom. The van der Waals surface area contributed by atoms with Crippen molar-refractivity contribution in [3.8, 4) is 0 Å². The van der Waals surface area contributed by atoms with Gasteiger partial charge in [-0.2, -0.15) is 0 Å². The Morgan fingerprint density at radius 3 is 2.33 bits per heavy atom. The first-order valence-electron chi connectivity index (χ1n) is 6.77. The van der Waals surface area contributed by atoms with Crippen molar-refractivity contribution >= 4 is 23.7 Å². The molecule has 0 aromatic heterocycles. The molecule has 1 atom stereocenters. The monoisotopic (exact) mass is 314 g/mol. The van der Waals surface area contributed by atoms with Gasteiger partial charge in [0.2, 0.25) is 0 Å². The van der Waals surface area contributed by atoms with Crippen LogP contribution in [0.2, 0.25) is 0 Å². The Hall–Kier alpha value is -1.56. The van der Waals surface area contributed by atoms with Crippen LogP contribution in [0.15, 0.2) is 24.3 Å². The van der Waals surface area contributed by atoms with E-state index in [0.717, 1.165) is 0 Å². The molecule has 0 unspecified atom stereocenters. The summed E-state index contributed by atoms with van der Waals surface area (Å²) in [5, 5.41) is -0.569. The van der Waals surface area contributed by atoms with E-state index in [9.17, 15) is 14.0 Å². The summed E-state index contributed by atoms with van der Waals surface area (Å²) in [6.45, 7) is 4.08. The van der Waals surface area contributed by atoms with Gasteiger partial charge in [-0.25, -0.2) is 4.39 Å². The number of benzene rings is 1. The van der Waals surface area contributed by atoms with Crippen molar-refractivity contribution in [1.29, 1.82) is 0 Å². The van der Waals surface area contributed by atoms with E-state index in [2.05, 4.69) is 0 Å². The molecule has 0 aliphatic rings. The molecule has 0 heterocycles. The minimum Gasteiger partial charge on any atom is -0.466 e. The van der Waals surface area contributed by atoms with Gasteiger partial charge in [0.15, 0.2) is 0 Å². The third-order valence-electron chi connectivity index (χ3n) is 2.57. The predicted octanol–water partition coefficient (Wildman–Crippen LogP) is 3.12. The van der Waals surface area contributed by atoms with Crippen molar-refractivity contribution in [2.75, 3.05) is 19.0 Å². The van der Waals surface area contributed by atoms with Crippen molar-refractivity contribution in [2.45, 2.75) is 25.5 Å². The van der Waals surface area contributed by atoms with Crippen molar-refractivity contribution < 1.29 is 23.5 Å². The van der Waals surface area contributed by atoms with Crippen molar-refractivity contribution in [3.05, 3.63) is 35.6 Å². The molecule has 21 heavy (non-hydrogen) atoms. The van der Waals surface area contributed by atoms with E-state index >= 15 is 0 Å². The molecule has 1 aromatic rings. The van der Waals surface area contributed by atoms with Crippen molar-refractivity contribution in [1.82, 2.24) is 0 Å². The molecule has 6 heteroatoms. The SMILES string of the molecule is CCOC(=O)CCS[C@H](C(=O)OCC)c1ccc(F)cc1. The molecule has 116 valence electrons. The number of halogens is 1. The maximum atomic E-state index is 13.0. The summed E-state index contributed by atoms with van der Waals surface area (Å²) in [4.78, 5) is 23.3. The molecule has 0 aliphatic heterocycles. The number of hydrogen-bond acceptors (Lipinski definition) is 5. The van der Waals surface area contributed by atoms with Gasteiger partial charge in [-0.05, 0) is 31.5 Å². The van der Waals surface area contributed by atoms with Gasteiger partial charge in [-0.3, -0.25) is 9.59 Å². The van der Waals surface area contributed by atoms with Gasteiger partial charge in [0.05, 0.1) is 19.6 Å². The topological polar surface area (TPSA) is 52.6 Å². The zero-order valence-electron chi connectivity index (χ0n) is 12.1. The maximum absolute atomic E-state index is 13.0. The molecule has 1 rings (SSSR count). The van der Waals surface area contributed by atoms with Crippen LogP contribution >= 0.6 is 11.8 Å². The highest BCUT2D eigenvalue weighted by Gasteiger charge is 2.23. The molecule has 0 saturated heterocycles. The normalized spacial score (nSPS) is 11.8. The summed E-state index contributed by atoms with van der Waals surface area (Å²) in [7, 11) is 0. The van der Waals surface area contributed by atoms with E-state index in [-0.39, 0.29) is 24.8 Å². The number of hydrogen-bond donors (Lipinski definition) is 0. The fourth-order valence-corrected chi connectivity index (χ4v) is 2.72. The third-order valence-corrected chi connectivity index (χ3v) is 3.81.